The number of aliphatic hydroxyl groups is 1. The number of alkyl halides is 3. The summed E-state index contributed by atoms with van der Waals surface area (Å²) in [6.07, 6.45) is -1.77. The molecule has 0 aromatic heterocycles. The van der Waals surface area contributed by atoms with Gasteiger partial charge in [0.1, 0.15) is 6.10 Å². The number of ether oxygens (including phenoxy) is 2. The van der Waals surface area contributed by atoms with Gasteiger partial charge in [0.25, 0.3) is 0 Å². The molecule has 1 aromatic rings. The van der Waals surface area contributed by atoms with E-state index in [0.29, 0.717) is 0 Å². The van der Waals surface area contributed by atoms with E-state index in [2.05, 4.69) is 0 Å². The standard InChI is InChI=1S/C13H16F3NO7S2/c1-25(19,20)17(26(21,22)13(14,15)16)9-11(18)12(23-7-8-24-12)10-5-3-2-4-6-10/h2-6,11,18H,7-9H2,1H3. The van der Waals surface area contributed by atoms with Crippen molar-refractivity contribution in [1.82, 2.24) is 3.71 Å². The normalized spacial score (nSPS) is 19.6. The van der Waals surface area contributed by atoms with Crippen LogP contribution in [0, 0.1) is 0 Å². The molecular formula is C13H16F3NO7S2. The molecule has 2 rings (SSSR count). The number of rotatable bonds is 6. The maximum atomic E-state index is 12.8. The number of sulfonamides is 2. The molecule has 13 heteroatoms. The maximum Gasteiger partial charge on any atom is 0.512 e. The zero-order valence-corrected chi connectivity index (χ0v) is 15.0. The number of benzene rings is 1. The molecule has 1 aromatic carbocycles. The molecule has 1 fully saturated rings. The lowest BCUT2D eigenvalue weighted by Gasteiger charge is -2.34. The van der Waals surface area contributed by atoms with Gasteiger partial charge in [0.05, 0.1) is 26.0 Å². The summed E-state index contributed by atoms with van der Waals surface area (Å²) in [7, 11) is -11.1. The minimum absolute atomic E-state index is 0.0309. The van der Waals surface area contributed by atoms with Crippen molar-refractivity contribution in [3.05, 3.63) is 35.9 Å². The highest BCUT2D eigenvalue weighted by Crippen LogP contribution is 2.37. The molecule has 148 valence electrons. The number of hydrogen-bond donors (Lipinski definition) is 1. The monoisotopic (exact) mass is 419 g/mol. The Kier molecular flexibility index (Phi) is 5.71. The Hall–Kier alpha value is -1.25. The van der Waals surface area contributed by atoms with Crippen LogP contribution in [-0.2, 0) is 35.3 Å². The van der Waals surface area contributed by atoms with Gasteiger partial charge in [-0.05, 0) is 0 Å². The number of hydrogen-bond acceptors (Lipinski definition) is 7. The van der Waals surface area contributed by atoms with Crippen LogP contribution in [0.5, 0.6) is 0 Å². The molecular weight excluding hydrogens is 403 g/mol. The summed E-state index contributed by atoms with van der Waals surface area (Å²) < 4.78 is 94.9. The van der Waals surface area contributed by atoms with Gasteiger partial charge >= 0.3 is 15.5 Å². The van der Waals surface area contributed by atoms with E-state index >= 15 is 0 Å². The molecule has 0 bridgehead atoms. The average Bonchev–Trinajstić information content (AvgIpc) is 3.01. The minimum Gasteiger partial charge on any atom is -0.386 e. The summed E-state index contributed by atoms with van der Waals surface area (Å²) >= 11 is 0. The van der Waals surface area contributed by atoms with Gasteiger partial charge < -0.3 is 14.6 Å². The van der Waals surface area contributed by atoms with E-state index in [4.69, 9.17) is 9.47 Å². The van der Waals surface area contributed by atoms with Crippen molar-refractivity contribution < 1.29 is 44.6 Å². The fourth-order valence-corrected chi connectivity index (χ4v) is 5.10. The van der Waals surface area contributed by atoms with Crippen LogP contribution in [0.15, 0.2) is 30.3 Å². The summed E-state index contributed by atoms with van der Waals surface area (Å²) in [5, 5.41) is 10.4. The summed E-state index contributed by atoms with van der Waals surface area (Å²) in [6.45, 7) is -1.50. The number of aliphatic hydroxyl groups excluding tert-OH is 1. The minimum atomic E-state index is -6.26. The zero-order valence-electron chi connectivity index (χ0n) is 13.4. The van der Waals surface area contributed by atoms with E-state index in [0.717, 1.165) is 0 Å². The first-order valence-corrected chi connectivity index (χ1v) is 10.4. The van der Waals surface area contributed by atoms with E-state index in [1.807, 2.05) is 0 Å². The molecule has 1 heterocycles. The predicted octanol–water partition coefficient (Wildman–Crippen LogP) is 0.358. The smallest absolute Gasteiger partial charge is 0.386 e. The van der Waals surface area contributed by atoms with Crippen LogP contribution >= 0.6 is 0 Å². The Morgan fingerprint density at radius 2 is 1.65 bits per heavy atom. The van der Waals surface area contributed by atoms with Crippen LogP contribution in [0.1, 0.15) is 5.56 Å². The van der Waals surface area contributed by atoms with Crippen LogP contribution in [0.4, 0.5) is 13.2 Å². The topological polar surface area (TPSA) is 110 Å². The van der Waals surface area contributed by atoms with Gasteiger partial charge in [0.2, 0.25) is 15.8 Å². The second-order valence-corrected chi connectivity index (χ2v) is 9.41. The summed E-state index contributed by atoms with van der Waals surface area (Å²) in [5.41, 5.74) is -5.67. The highest BCUT2D eigenvalue weighted by atomic mass is 32.3. The lowest BCUT2D eigenvalue weighted by molar-refractivity contribution is -0.229. The Morgan fingerprint density at radius 3 is 2.08 bits per heavy atom. The van der Waals surface area contributed by atoms with Crippen LogP contribution < -0.4 is 0 Å². The van der Waals surface area contributed by atoms with Crippen molar-refractivity contribution in [3.63, 3.8) is 0 Å². The number of nitrogens with zero attached hydrogens (tertiary/aromatic N) is 1. The Labute approximate surface area is 148 Å². The van der Waals surface area contributed by atoms with Crippen molar-refractivity contribution in [1.29, 1.82) is 0 Å². The summed E-state index contributed by atoms with van der Waals surface area (Å²) in [5.74, 6) is -1.99. The van der Waals surface area contributed by atoms with Gasteiger partial charge in [-0.2, -0.15) is 13.2 Å². The van der Waals surface area contributed by atoms with Crippen LogP contribution in [-0.4, -0.2) is 63.3 Å². The molecule has 0 amide bonds. The molecule has 1 atom stereocenters. The summed E-state index contributed by atoms with van der Waals surface area (Å²) in [4.78, 5) is 0. The summed E-state index contributed by atoms with van der Waals surface area (Å²) in [6, 6.07) is 7.58. The highest BCUT2D eigenvalue weighted by Gasteiger charge is 2.56. The fourth-order valence-electron chi connectivity index (χ4n) is 2.44. The van der Waals surface area contributed by atoms with Crippen molar-refractivity contribution in [3.8, 4) is 0 Å². The van der Waals surface area contributed by atoms with Gasteiger partial charge in [0.15, 0.2) is 0 Å². The van der Waals surface area contributed by atoms with Gasteiger partial charge in [-0.3, -0.25) is 0 Å². The third-order valence-corrected chi connectivity index (χ3v) is 7.14. The SMILES string of the molecule is CS(=O)(=O)N(CC(O)C1(c2ccccc2)OCCO1)S(=O)(=O)C(F)(F)F. The molecule has 1 aliphatic rings. The fraction of sp³-hybridized carbons (Fsp3) is 0.538. The molecule has 0 spiro atoms. The van der Waals surface area contributed by atoms with E-state index in [1.54, 1.807) is 6.07 Å². The third kappa shape index (κ3) is 3.87. The zero-order chi connectivity index (χ0) is 19.8. The van der Waals surface area contributed by atoms with Crippen LogP contribution in [0.25, 0.3) is 0 Å². The first kappa shape index (κ1) is 21.1. The van der Waals surface area contributed by atoms with Crippen molar-refractivity contribution >= 4 is 20.0 Å². The lowest BCUT2D eigenvalue weighted by atomic mass is 10.00. The van der Waals surface area contributed by atoms with Crippen molar-refractivity contribution in [2.24, 2.45) is 0 Å². The van der Waals surface area contributed by atoms with Crippen LogP contribution in [0.2, 0.25) is 0 Å². The van der Waals surface area contributed by atoms with E-state index in [1.165, 1.54) is 24.3 Å². The number of halogens is 3. The van der Waals surface area contributed by atoms with Crippen molar-refractivity contribution in [2.45, 2.75) is 17.4 Å². The first-order chi connectivity index (χ1) is 11.8. The Balaban J connectivity index is 2.45. The van der Waals surface area contributed by atoms with Gasteiger partial charge in [-0.1, -0.05) is 34.0 Å². The average molecular weight is 419 g/mol. The third-order valence-electron chi connectivity index (χ3n) is 3.58. The van der Waals surface area contributed by atoms with Gasteiger partial charge in [-0.25, -0.2) is 16.8 Å². The first-order valence-electron chi connectivity index (χ1n) is 7.13. The predicted molar refractivity (Wildman–Crippen MR) is 82.6 cm³/mol. The quantitative estimate of drug-likeness (QED) is 0.709. The Bertz CT molecular complexity index is 834. The largest absolute Gasteiger partial charge is 0.512 e. The van der Waals surface area contributed by atoms with Crippen molar-refractivity contribution in [2.75, 3.05) is 26.0 Å². The molecule has 1 saturated heterocycles. The van der Waals surface area contributed by atoms with Gasteiger partial charge in [0, 0.05) is 5.56 Å². The molecule has 0 aliphatic carbocycles. The molecule has 1 unspecified atom stereocenters. The molecule has 1 aliphatic heterocycles. The highest BCUT2D eigenvalue weighted by molar-refractivity contribution is 8.04. The van der Waals surface area contributed by atoms with E-state index in [9.17, 15) is 35.1 Å². The lowest BCUT2D eigenvalue weighted by Crippen LogP contribution is -2.52. The molecule has 0 saturated carbocycles. The van der Waals surface area contributed by atoms with Gasteiger partial charge in [-0.15, -0.1) is 0 Å². The van der Waals surface area contributed by atoms with E-state index < -0.39 is 47.7 Å². The molecule has 8 nitrogen and oxygen atoms in total. The Morgan fingerprint density at radius 1 is 1.15 bits per heavy atom. The molecule has 1 N–H and O–H groups in total. The maximum absolute atomic E-state index is 12.8. The molecule has 0 radical (unpaired) electrons. The second-order valence-electron chi connectivity index (χ2n) is 5.42. The van der Waals surface area contributed by atoms with E-state index in [-0.39, 0.29) is 25.0 Å². The molecule has 26 heavy (non-hydrogen) atoms. The second kappa shape index (κ2) is 7.05. The van der Waals surface area contributed by atoms with Crippen LogP contribution in [0.3, 0.4) is 0 Å².